The van der Waals surface area contributed by atoms with Gasteiger partial charge in [0, 0.05) is 5.25 Å². The topological polar surface area (TPSA) is 75.4 Å². The predicted molar refractivity (Wildman–Crippen MR) is 61.5 cm³/mol. The van der Waals surface area contributed by atoms with Crippen molar-refractivity contribution in [1.29, 1.82) is 0 Å². The van der Waals surface area contributed by atoms with Gasteiger partial charge in [-0.25, -0.2) is 4.98 Å². The number of thioether (sulfide) groups is 1. The highest BCUT2D eigenvalue weighted by molar-refractivity contribution is 7.99. The molecule has 0 saturated heterocycles. The van der Waals surface area contributed by atoms with Crippen LogP contribution in [0.2, 0.25) is 0 Å². The highest BCUT2D eigenvalue weighted by atomic mass is 32.2. The van der Waals surface area contributed by atoms with Crippen molar-refractivity contribution in [3.05, 3.63) is 12.5 Å². The van der Waals surface area contributed by atoms with Crippen molar-refractivity contribution in [2.45, 2.75) is 36.3 Å². The fourth-order valence-corrected chi connectivity index (χ4v) is 2.35. The fraction of sp³-hybridized carbons (Fsp3) is 0.600. The molecule has 0 aliphatic carbocycles. The SMILES string of the molecule is CNC(C)(CC(C)Sc1ncco1)C(=O)O. The molecule has 1 aromatic heterocycles. The molecule has 1 heterocycles. The van der Waals surface area contributed by atoms with Gasteiger partial charge in [0.05, 0.1) is 6.20 Å². The van der Waals surface area contributed by atoms with Gasteiger partial charge in [-0.15, -0.1) is 0 Å². The molecule has 0 aliphatic heterocycles. The second kappa shape index (κ2) is 5.36. The maximum atomic E-state index is 11.1. The lowest BCUT2D eigenvalue weighted by Crippen LogP contribution is -2.49. The Bertz CT molecular complexity index is 342. The van der Waals surface area contributed by atoms with Crippen molar-refractivity contribution in [2.24, 2.45) is 0 Å². The highest BCUT2D eigenvalue weighted by Gasteiger charge is 2.33. The van der Waals surface area contributed by atoms with Crippen LogP contribution in [0.15, 0.2) is 22.1 Å². The molecule has 0 bridgehead atoms. The van der Waals surface area contributed by atoms with Crippen molar-refractivity contribution in [3.63, 3.8) is 0 Å². The zero-order chi connectivity index (χ0) is 12.2. The number of aliphatic carboxylic acids is 1. The predicted octanol–water partition coefficient (Wildman–Crippen LogP) is 1.61. The molecule has 2 N–H and O–H groups in total. The maximum absolute atomic E-state index is 11.1. The summed E-state index contributed by atoms with van der Waals surface area (Å²) in [5.74, 6) is -0.852. The summed E-state index contributed by atoms with van der Waals surface area (Å²) in [4.78, 5) is 15.1. The number of carbonyl (C=O) groups is 1. The maximum Gasteiger partial charge on any atom is 0.323 e. The van der Waals surface area contributed by atoms with Crippen LogP contribution in [-0.2, 0) is 4.79 Å². The molecule has 1 rings (SSSR count). The van der Waals surface area contributed by atoms with Gasteiger partial charge in [-0.05, 0) is 20.4 Å². The third kappa shape index (κ3) is 3.24. The van der Waals surface area contributed by atoms with Gasteiger partial charge in [-0.2, -0.15) is 0 Å². The van der Waals surface area contributed by atoms with E-state index in [4.69, 9.17) is 9.52 Å². The first-order chi connectivity index (χ1) is 7.48. The van der Waals surface area contributed by atoms with Crippen LogP contribution in [0.5, 0.6) is 0 Å². The number of nitrogens with zero attached hydrogens (tertiary/aromatic N) is 1. The summed E-state index contributed by atoms with van der Waals surface area (Å²) in [7, 11) is 1.65. The minimum Gasteiger partial charge on any atom is -0.480 e. The number of likely N-dealkylation sites (N-methyl/N-ethyl adjacent to an activating group) is 1. The van der Waals surface area contributed by atoms with Crippen LogP contribution in [0.4, 0.5) is 0 Å². The van der Waals surface area contributed by atoms with Gasteiger partial charge in [0.15, 0.2) is 0 Å². The van der Waals surface area contributed by atoms with Gasteiger partial charge in [0.2, 0.25) is 0 Å². The van der Waals surface area contributed by atoms with E-state index in [2.05, 4.69) is 10.3 Å². The quantitative estimate of drug-likeness (QED) is 0.740. The Morgan fingerprint density at radius 3 is 2.94 bits per heavy atom. The summed E-state index contributed by atoms with van der Waals surface area (Å²) in [6.45, 7) is 3.62. The van der Waals surface area contributed by atoms with E-state index in [1.165, 1.54) is 18.0 Å². The van der Waals surface area contributed by atoms with Gasteiger partial charge in [-0.3, -0.25) is 4.79 Å². The summed E-state index contributed by atoms with van der Waals surface area (Å²) >= 11 is 1.43. The zero-order valence-electron chi connectivity index (χ0n) is 9.56. The fourth-order valence-electron chi connectivity index (χ4n) is 1.35. The van der Waals surface area contributed by atoms with Gasteiger partial charge in [-0.1, -0.05) is 18.7 Å². The largest absolute Gasteiger partial charge is 0.480 e. The third-order valence-corrected chi connectivity index (χ3v) is 3.40. The van der Waals surface area contributed by atoms with Crippen molar-refractivity contribution in [3.8, 4) is 0 Å². The minimum atomic E-state index is -0.918. The minimum absolute atomic E-state index is 0.104. The Balaban J connectivity index is 2.56. The Labute approximate surface area is 98.6 Å². The summed E-state index contributed by atoms with van der Waals surface area (Å²) in [6.07, 6.45) is 3.57. The van der Waals surface area contributed by atoms with Gasteiger partial charge in [0.25, 0.3) is 5.22 Å². The molecular weight excluding hydrogens is 228 g/mol. The first-order valence-corrected chi connectivity index (χ1v) is 5.84. The van der Waals surface area contributed by atoms with Gasteiger partial charge >= 0.3 is 5.97 Å². The Morgan fingerprint density at radius 2 is 2.50 bits per heavy atom. The monoisotopic (exact) mass is 244 g/mol. The molecule has 0 saturated carbocycles. The van der Waals surface area contributed by atoms with E-state index < -0.39 is 11.5 Å². The number of nitrogens with one attached hydrogen (secondary N) is 1. The second-order valence-electron chi connectivity index (χ2n) is 3.82. The molecule has 2 atom stereocenters. The van der Waals surface area contributed by atoms with Crippen molar-refractivity contribution in [1.82, 2.24) is 10.3 Å². The standard InChI is InChI=1S/C10H16N2O3S/c1-7(16-9-12-4-5-15-9)6-10(2,11-3)8(13)14/h4-5,7,11H,6H2,1-3H3,(H,13,14). The van der Waals surface area contributed by atoms with Gasteiger partial charge in [0.1, 0.15) is 11.8 Å². The Hall–Kier alpha value is -1.01. The molecular formula is C10H16N2O3S. The molecule has 0 radical (unpaired) electrons. The number of carboxylic acid groups (broad SMARTS) is 1. The van der Waals surface area contributed by atoms with E-state index in [9.17, 15) is 4.79 Å². The van der Waals surface area contributed by atoms with Crippen LogP contribution in [0, 0.1) is 0 Å². The molecule has 6 heteroatoms. The molecule has 5 nitrogen and oxygen atoms in total. The molecule has 0 aromatic carbocycles. The molecule has 90 valence electrons. The van der Waals surface area contributed by atoms with Crippen LogP contribution < -0.4 is 5.32 Å². The number of carboxylic acids is 1. The summed E-state index contributed by atoms with van der Waals surface area (Å²) in [6, 6.07) is 0. The molecule has 0 aliphatic rings. The summed E-state index contributed by atoms with van der Waals surface area (Å²) in [5, 5.41) is 12.6. The van der Waals surface area contributed by atoms with E-state index in [1.807, 2.05) is 6.92 Å². The number of rotatable bonds is 6. The average Bonchev–Trinajstić information content (AvgIpc) is 2.69. The number of hydrogen-bond donors (Lipinski definition) is 2. The van der Waals surface area contributed by atoms with Crippen LogP contribution in [0.25, 0.3) is 0 Å². The smallest absolute Gasteiger partial charge is 0.323 e. The average molecular weight is 244 g/mol. The van der Waals surface area contributed by atoms with E-state index in [-0.39, 0.29) is 5.25 Å². The number of aromatic nitrogens is 1. The van der Waals surface area contributed by atoms with Crippen molar-refractivity contribution >= 4 is 17.7 Å². The lowest BCUT2D eigenvalue weighted by Gasteiger charge is -2.26. The van der Waals surface area contributed by atoms with Gasteiger partial charge < -0.3 is 14.8 Å². The lowest BCUT2D eigenvalue weighted by atomic mass is 9.97. The normalized spacial score (nSPS) is 16.7. The third-order valence-electron chi connectivity index (χ3n) is 2.43. The summed E-state index contributed by atoms with van der Waals surface area (Å²) < 4.78 is 5.10. The van der Waals surface area contributed by atoms with Crippen LogP contribution in [-0.4, -0.2) is 33.9 Å². The number of hydrogen-bond acceptors (Lipinski definition) is 5. The van der Waals surface area contributed by atoms with E-state index in [0.717, 1.165) is 0 Å². The van der Waals surface area contributed by atoms with Crippen LogP contribution >= 0.6 is 11.8 Å². The van der Waals surface area contributed by atoms with Crippen molar-refractivity contribution in [2.75, 3.05) is 7.05 Å². The first-order valence-electron chi connectivity index (χ1n) is 4.96. The second-order valence-corrected chi connectivity index (χ2v) is 5.21. The van der Waals surface area contributed by atoms with Crippen LogP contribution in [0.3, 0.4) is 0 Å². The van der Waals surface area contributed by atoms with E-state index in [0.29, 0.717) is 11.6 Å². The number of oxazole rings is 1. The molecule has 0 fully saturated rings. The highest BCUT2D eigenvalue weighted by Crippen LogP contribution is 2.27. The van der Waals surface area contributed by atoms with Crippen LogP contribution in [0.1, 0.15) is 20.3 Å². The lowest BCUT2D eigenvalue weighted by molar-refractivity contribution is -0.144. The zero-order valence-corrected chi connectivity index (χ0v) is 10.4. The Morgan fingerprint density at radius 1 is 1.81 bits per heavy atom. The Kier molecular flexibility index (Phi) is 4.37. The molecule has 2 unspecified atom stereocenters. The van der Waals surface area contributed by atoms with E-state index >= 15 is 0 Å². The van der Waals surface area contributed by atoms with Crippen molar-refractivity contribution < 1.29 is 14.3 Å². The molecule has 0 amide bonds. The molecule has 0 spiro atoms. The molecule has 1 aromatic rings. The van der Waals surface area contributed by atoms with E-state index in [1.54, 1.807) is 20.2 Å². The summed E-state index contributed by atoms with van der Waals surface area (Å²) in [5.41, 5.74) is -0.918. The molecule has 16 heavy (non-hydrogen) atoms. The first kappa shape index (κ1) is 13.1.